The lowest BCUT2D eigenvalue weighted by Crippen LogP contribution is -2.11. The fraction of sp³-hybridized carbons (Fsp3) is 0.222. The van der Waals surface area contributed by atoms with Gasteiger partial charge in [0.25, 0.3) is 0 Å². The number of nitrogens with two attached hydrogens (primary N) is 2. The SMILES string of the molecule is CC=C(Cc1nc(N)nc(N)n1)C(=O)C=O. The monoisotopic (exact) mass is 221 g/mol. The molecule has 0 aliphatic heterocycles. The van der Waals surface area contributed by atoms with E-state index in [2.05, 4.69) is 15.0 Å². The van der Waals surface area contributed by atoms with E-state index in [4.69, 9.17) is 11.5 Å². The Morgan fingerprint density at radius 2 is 1.81 bits per heavy atom. The molecule has 0 aliphatic rings. The third-order valence-corrected chi connectivity index (χ3v) is 1.84. The maximum Gasteiger partial charge on any atom is 0.225 e. The van der Waals surface area contributed by atoms with E-state index in [0.29, 0.717) is 5.57 Å². The van der Waals surface area contributed by atoms with Gasteiger partial charge in [-0.2, -0.15) is 15.0 Å². The van der Waals surface area contributed by atoms with Gasteiger partial charge in [0.2, 0.25) is 17.7 Å². The minimum Gasteiger partial charge on any atom is -0.368 e. The molecular weight excluding hydrogens is 210 g/mol. The average Bonchev–Trinajstić information content (AvgIpc) is 2.23. The number of hydrogen-bond donors (Lipinski definition) is 2. The van der Waals surface area contributed by atoms with Gasteiger partial charge < -0.3 is 11.5 Å². The normalized spacial score (nSPS) is 11.2. The molecule has 4 N–H and O–H groups in total. The Kier molecular flexibility index (Phi) is 3.65. The molecule has 7 nitrogen and oxygen atoms in total. The number of rotatable bonds is 4. The van der Waals surface area contributed by atoms with Crippen LogP contribution < -0.4 is 11.5 Å². The molecule has 0 bridgehead atoms. The average molecular weight is 221 g/mol. The number of anilines is 2. The summed E-state index contributed by atoms with van der Waals surface area (Å²) in [5.74, 6) is -0.388. The van der Waals surface area contributed by atoms with Crippen LogP contribution in [0.5, 0.6) is 0 Å². The molecule has 0 aromatic carbocycles. The molecule has 84 valence electrons. The Balaban J connectivity index is 2.95. The van der Waals surface area contributed by atoms with Crippen molar-refractivity contribution in [1.29, 1.82) is 0 Å². The summed E-state index contributed by atoms with van der Waals surface area (Å²) >= 11 is 0. The van der Waals surface area contributed by atoms with E-state index in [1.54, 1.807) is 6.92 Å². The highest BCUT2D eigenvalue weighted by molar-refractivity contribution is 6.33. The maximum atomic E-state index is 11.1. The number of nitrogens with zero attached hydrogens (tertiary/aromatic N) is 3. The molecule has 16 heavy (non-hydrogen) atoms. The van der Waals surface area contributed by atoms with Crippen molar-refractivity contribution in [3.05, 3.63) is 17.5 Å². The Morgan fingerprint density at radius 1 is 1.25 bits per heavy atom. The van der Waals surface area contributed by atoms with Crippen molar-refractivity contribution in [2.45, 2.75) is 13.3 Å². The number of Topliss-reactive ketones (excluding diaryl/α,β-unsaturated/α-hetero) is 1. The fourth-order valence-corrected chi connectivity index (χ4v) is 1.11. The number of carbonyl (C=O) groups excluding carboxylic acids is 2. The number of aromatic nitrogens is 3. The summed E-state index contributed by atoms with van der Waals surface area (Å²) in [6, 6.07) is 0. The van der Waals surface area contributed by atoms with Crippen LogP contribution in [0.4, 0.5) is 11.9 Å². The molecular formula is C9H11N5O2. The number of aldehydes is 1. The number of carbonyl (C=O) groups is 2. The van der Waals surface area contributed by atoms with Crippen molar-refractivity contribution in [2.75, 3.05) is 11.5 Å². The van der Waals surface area contributed by atoms with Crippen LogP contribution in [0.25, 0.3) is 0 Å². The molecule has 0 radical (unpaired) electrons. The lowest BCUT2D eigenvalue weighted by Gasteiger charge is -2.02. The molecule has 0 saturated carbocycles. The van der Waals surface area contributed by atoms with Crippen LogP contribution in [-0.2, 0) is 16.0 Å². The van der Waals surface area contributed by atoms with Crippen LogP contribution in [0.15, 0.2) is 11.6 Å². The molecule has 0 atom stereocenters. The van der Waals surface area contributed by atoms with E-state index in [-0.39, 0.29) is 30.4 Å². The summed E-state index contributed by atoms with van der Waals surface area (Å²) in [7, 11) is 0. The maximum absolute atomic E-state index is 11.1. The number of hydrogen-bond acceptors (Lipinski definition) is 7. The first-order chi connectivity index (χ1) is 7.56. The second-order valence-corrected chi connectivity index (χ2v) is 2.94. The largest absolute Gasteiger partial charge is 0.368 e. The van der Waals surface area contributed by atoms with Gasteiger partial charge in [-0.25, -0.2) is 0 Å². The zero-order chi connectivity index (χ0) is 12.1. The molecule has 7 heteroatoms. The van der Waals surface area contributed by atoms with E-state index >= 15 is 0 Å². The van der Waals surface area contributed by atoms with Gasteiger partial charge in [0.1, 0.15) is 5.82 Å². The highest BCUT2D eigenvalue weighted by Gasteiger charge is 2.11. The van der Waals surface area contributed by atoms with Gasteiger partial charge in [0.05, 0.1) is 0 Å². The van der Waals surface area contributed by atoms with Crippen LogP contribution in [0.1, 0.15) is 12.7 Å². The topological polar surface area (TPSA) is 125 Å². The minimum absolute atomic E-state index is 0.0171. The summed E-state index contributed by atoms with van der Waals surface area (Å²) in [6.45, 7) is 1.64. The molecule has 0 amide bonds. The smallest absolute Gasteiger partial charge is 0.225 e. The summed E-state index contributed by atoms with van der Waals surface area (Å²) in [5.41, 5.74) is 11.0. The van der Waals surface area contributed by atoms with Gasteiger partial charge in [-0.05, 0) is 6.92 Å². The third kappa shape index (κ3) is 2.84. The molecule has 0 fully saturated rings. The summed E-state index contributed by atoms with van der Waals surface area (Å²) in [4.78, 5) is 32.7. The Bertz CT molecular complexity index is 435. The number of ketones is 1. The van der Waals surface area contributed by atoms with Crippen LogP contribution in [0.2, 0.25) is 0 Å². The predicted molar refractivity (Wildman–Crippen MR) is 57.2 cm³/mol. The first-order valence-corrected chi connectivity index (χ1v) is 4.47. The minimum atomic E-state index is -0.611. The van der Waals surface area contributed by atoms with E-state index in [1.807, 2.05) is 0 Å². The molecule has 0 spiro atoms. The lowest BCUT2D eigenvalue weighted by molar-refractivity contribution is -0.127. The Morgan fingerprint density at radius 3 is 2.25 bits per heavy atom. The van der Waals surface area contributed by atoms with Crippen molar-refractivity contribution < 1.29 is 9.59 Å². The van der Waals surface area contributed by atoms with Crippen molar-refractivity contribution in [1.82, 2.24) is 15.0 Å². The fourth-order valence-electron chi connectivity index (χ4n) is 1.11. The van der Waals surface area contributed by atoms with Gasteiger partial charge in [-0.3, -0.25) is 9.59 Å². The highest BCUT2D eigenvalue weighted by Crippen LogP contribution is 2.06. The van der Waals surface area contributed by atoms with Gasteiger partial charge in [0.15, 0.2) is 6.29 Å². The molecule has 0 saturated heterocycles. The summed E-state index contributed by atoms with van der Waals surface area (Å²) in [6.07, 6.45) is 1.86. The molecule has 0 unspecified atom stereocenters. The molecule has 1 aromatic rings. The molecule has 0 aliphatic carbocycles. The molecule has 1 rings (SSSR count). The second kappa shape index (κ2) is 4.96. The first kappa shape index (κ1) is 11.8. The molecule has 1 aromatic heterocycles. The van der Waals surface area contributed by atoms with Gasteiger partial charge in [-0.15, -0.1) is 0 Å². The second-order valence-electron chi connectivity index (χ2n) is 2.94. The van der Waals surface area contributed by atoms with E-state index in [9.17, 15) is 9.59 Å². The van der Waals surface area contributed by atoms with E-state index in [1.165, 1.54) is 6.08 Å². The predicted octanol–water partition coefficient (Wildman–Crippen LogP) is -0.707. The number of nitrogen functional groups attached to an aromatic ring is 2. The van der Waals surface area contributed by atoms with Gasteiger partial charge in [0, 0.05) is 12.0 Å². The van der Waals surface area contributed by atoms with Crippen molar-refractivity contribution in [3.63, 3.8) is 0 Å². The highest BCUT2D eigenvalue weighted by atomic mass is 16.2. The van der Waals surface area contributed by atoms with E-state index < -0.39 is 5.78 Å². The standard InChI is InChI=1S/C9H11N5O2/c1-2-5(6(16)4-15)3-7-12-8(10)14-9(11)13-7/h2,4H,3H2,1H3,(H4,10,11,12,13,14). The van der Waals surface area contributed by atoms with Gasteiger partial charge >= 0.3 is 0 Å². The van der Waals surface area contributed by atoms with Crippen LogP contribution in [0.3, 0.4) is 0 Å². The summed E-state index contributed by atoms with van der Waals surface area (Å²) < 4.78 is 0. The number of allylic oxidation sites excluding steroid dienone is 2. The van der Waals surface area contributed by atoms with Crippen molar-refractivity contribution in [3.8, 4) is 0 Å². The first-order valence-electron chi connectivity index (χ1n) is 4.47. The Labute approximate surface area is 91.6 Å². The lowest BCUT2D eigenvalue weighted by atomic mass is 10.1. The zero-order valence-corrected chi connectivity index (χ0v) is 8.67. The molecule has 1 heterocycles. The quantitative estimate of drug-likeness (QED) is 0.391. The van der Waals surface area contributed by atoms with Crippen molar-refractivity contribution >= 4 is 24.0 Å². The summed E-state index contributed by atoms with van der Waals surface area (Å²) in [5, 5.41) is 0. The Hall–Kier alpha value is -2.31. The van der Waals surface area contributed by atoms with Crippen LogP contribution in [-0.4, -0.2) is 27.0 Å². The van der Waals surface area contributed by atoms with Gasteiger partial charge in [-0.1, -0.05) is 6.08 Å². The van der Waals surface area contributed by atoms with Crippen molar-refractivity contribution in [2.24, 2.45) is 0 Å². The zero-order valence-electron chi connectivity index (χ0n) is 8.67. The van der Waals surface area contributed by atoms with Crippen LogP contribution in [0, 0.1) is 0 Å². The van der Waals surface area contributed by atoms with Crippen LogP contribution >= 0.6 is 0 Å². The third-order valence-electron chi connectivity index (χ3n) is 1.84. The van der Waals surface area contributed by atoms with E-state index in [0.717, 1.165) is 0 Å².